The molecule has 2 aromatic carbocycles. The Kier molecular flexibility index (Phi) is 7.33. The Hall–Kier alpha value is -3.14. The largest absolute Gasteiger partial charge is 0.508 e. The molecule has 4 nitrogen and oxygen atoms in total. The van der Waals surface area contributed by atoms with Gasteiger partial charge in [-0.25, -0.2) is 0 Å². The van der Waals surface area contributed by atoms with Crippen LogP contribution in [0.25, 0.3) is 12.2 Å². The van der Waals surface area contributed by atoms with Crippen LogP contribution < -0.4 is 0 Å². The van der Waals surface area contributed by atoms with Crippen LogP contribution in [0.3, 0.4) is 0 Å². The van der Waals surface area contributed by atoms with Crippen molar-refractivity contribution in [3.8, 4) is 23.0 Å². The van der Waals surface area contributed by atoms with Crippen LogP contribution >= 0.6 is 0 Å². The summed E-state index contributed by atoms with van der Waals surface area (Å²) in [6.45, 7) is 6.21. The molecule has 0 spiro atoms. The van der Waals surface area contributed by atoms with Gasteiger partial charge in [0.05, 0.1) is 0 Å². The van der Waals surface area contributed by atoms with E-state index in [9.17, 15) is 20.4 Å². The monoisotopic (exact) mass is 380 g/mol. The summed E-state index contributed by atoms with van der Waals surface area (Å²) in [4.78, 5) is 0. The molecule has 28 heavy (non-hydrogen) atoms. The highest BCUT2D eigenvalue weighted by atomic mass is 16.3. The predicted octanol–water partition coefficient (Wildman–Crippen LogP) is 5.91. The zero-order valence-electron chi connectivity index (χ0n) is 16.6. The standard InChI is InChI=1S/C24H28O4/c1-4-16(2)6-5-7-17(3)12-21-23(27)13-18(14-24(21)28)8-9-19-10-11-20(25)15-22(19)26/h6-11,13-15,25-28H,4-5,12H2,1-3H3. The van der Waals surface area contributed by atoms with Crippen molar-refractivity contribution in [2.45, 2.75) is 40.0 Å². The number of phenols is 4. The van der Waals surface area contributed by atoms with E-state index in [0.717, 1.165) is 18.4 Å². The SMILES string of the molecule is CCC(C)=CCC=C(C)Cc1c(O)cc(C=Cc2ccc(O)cc2O)cc1O. The zero-order chi connectivity index (χ0) is 20.7. The molecule has 0 heterocycles. The molecule has 0 fully saturated rings. The van der Waals surface area contributed by atoms with Gasteiger partial charge in [-0.15, -0.1) is 0 Å². The van der Waals surface area contributed by atoms with E-state index in [4.69, 9.17) is 0 Å². The van der Waals surface area contributed by atoms with Crippen LogP contribution in [0.5, 0.6) is 23.0 Å². The molecular formula is C24H28O4. The van der Waals surface area contributed by atoms with Crippen LogP contribution in [0.2, 0.25) is 0 Å². The molecule has 0 aliphatic heterocycles. The van der Waals surface area contributed by atoms with Gasteiger partial charge in [0, 0.05) is 23.6 Å². The number of hydrogen-bond acceptors (Lipinski definition) is 4. The molecule has 0 aliphatic rings. The minimum absolute atomic E-state index is 0.0157. The first kappa shape index (κ1) is 21.2. The van der Waals surface area contributed by atoms with Crippen molar-refractivity contribution >= 4 is 12.2 Å². The Morgan fingerprint density at radius 2 is 1.46 bits per heavy atom. The molecule has 0 saturated carbocycles. The molecule has 148 valence electrons. The summed E-state index contributed by atoms with van der Waals surface area (Å²) in [5, 5.41) is 39.8. The van der Waals surface area contributed by atoms with Crippen LogP contribution in [0.4, 0.5) is 0 Å². The number of phenolic OH excluding ortho intramolecular Hbond substituents is 4. The van der Waals surface area contributed by atoms with E-state index in [0.29, 0.717) is 23.1 Å². The van der Waals surface area contributed by atoms with Crippen LogP contribution in [0.15, 0.2) is 53.6 Å². The Labute approximate surface area is 166 Å². The van der Waals surface area contributed by atoms with Crippen LogP contribution in [-0.2, 0) is 6.42 Å². The lowest BCUT2D eigenvalue weighted by Gasteiger charge is -2.09. The molecule has 4 heteroatoms. The predicted molar refractivity (Wildman–Crippen MR) is 115 cm³/mol. The van der Waals surface area contributed by atoms with Gasteiger partial charge in [-0.2, -0.15) is 0 Å². The second-order valence-electron chi connectivity index (χ2n) is 6.98. The minimum Gasteiger partial charge on any atom is -0.508 e. The first-order valence-electron chi connectivity index (χ1n) is 9.36. The fourth-order valence-corrected chi connectivity index (χ4v) is 2.76. The van der Waals surface area contributed by atoms with Crippen molar-refractivity contribution in [1.29, 1.82) is 0 Å². The summed E-state index contributed by atoms with van der Waals surface area (Å²) >= 11 is 0. The molecule has 0 radical (unpaired) electrons. The van der Waals surface area contributed by atoms with Crippen molar-refractivity contribution < 1.29 is 20.4 Å². The summed E-state index contributed by atoms with van der Waals surface area (Å²) in [6.07, 6.45) is 9.94. The molecule has 4 N–H and O–H groups in total. The van der Waals surface area contributed by atoms with E-state index in [1.165, 1.54) is 17.7 Å². The number of rotatable bonds is 7. The van der Waals surface area contributed by atoms with Gasteiger partial charge in [0.1, 0.15) is 23.0 Å². The molecule has 0 atom stereocenters. The number of aromatic hydroxyl groups is 4. The van der Waals surface area contributed by atoms with Gasteiger partial charge in [0.25, 0.3) is 0 Å². The number of allylic oxidation sites excluding steroid dienone is 4. The van der Waals surface area contributed by atoms with Crippen molar-refractivity contribution in [2.75, 3.05) is 0 Å². The third-order valence-corrected chi connectivity index (χ3v) is 4.64. The summed E-state index contributed by atoms with van der Waals surface area (Å²) in [7, 11) is 0. The smallest absolute Gasteiger partial charge is 0.126 e. The molecule has 0 aromatic heterocycles. The van der Waals surface area contributed by atoms with Crippen molar-refractivity contribution in [2.24, 2.45) is 0 Å². The quantitative estimate of drug-likeness (QED) is 0.355. The van der Waals surface area contributed by atoms with E-state index < -0.39 is 0 Å². The maximum absolute atomic E-state index is 10.3. The first-order valence-corrected chi connectivity index (χ1v) is 9.36. The zero-order valence-corrected chi connectivity index (χ0v) is 16.6. The van der Waals surface area contributed by atoms with Gasteiger partial charge in [0.15, 0.2) is 0 Å². The van der Waals surface area contributed by atoms with Crippen LogP contribution in [0, 0.1) is 0 Å². The van der Waals surface area contributed by atoms with Crippen molar-refractivity contribution in [3.63, 3.8) is 0 Å². The second-order valence-corrected chi connectivity index (χ2v) is 6.98. The average molecular weight is 380 g/mol. The van der Waals surface area contributed by atoms with Gasteiger partial charge in [-0.3, -0.25) is 0 Å². The molecular weight excluding hydrogens is 352 g/mol. The second kappa shape index (κ2) is 9.70. The lowest BCUT2D eigenvalue weighted by Crippen LogP contribution is -1.90. The maximum Gasteiger partial charge on any atom is 0.126 e. The highest BCUT2D eigenvalue weighted by molar-refractivity contribution is 5.74. The molecule has 0 bridgehead atoms. The summed E-state index contributed by atoms with van der Waals surface area (Å²) in [5.41, 5.74) is 4.03. The number of benzene rings is 2. The summed E-state index contributed by atoms with van der Waals surface area (Å²) < 4.78 is 0. The third-order valence-electron chi connectivity index (χ3n) is 4.64. The molecule has 0 aliphatic carbocycles. The van der Waals surface area contributed by atoms with Crippen molar-refractivity contribution in [3.05, 3.63) is 70.3 Å². The topological polar surface area (TPSA) is 80.9 Å². The fraction of sp³-hybridized carbons (Fsp3) is 0.250. The molecule has 0 amide bonds. The molecule has 0 saturated heterocycles. The van der Waals surface area contributed by atoms with Gasteiger partial charge < -0.3 is 20.4 Å². The maximum atomic E-state index is 10.3. The van der Waals surface area contributed by atoms with Crippen molar-refractivity contribution in [1.82, 2.24) is 0 Å². The highest BCUT2D eigenvalue weighted by Gasteiger charge is 2.10. The van der Waals surface area contributed by atoms with E-state index in [-0.39, 0.29) is 23.0 Å². The Bertz CT molecular complexity index is 897. The molecule has 2 aromatic rings. The highest BCUT2D eigenvalue weighted by Crippen LogP contribution is 2.32. The van der Waals surface area contributed by atoms with Crippen LogP contribution in [0.1, 0.15) is 50.3 Å². The van der Waals surface area contributed by atoms with Crippen LogP contribution in [-0.4, -0.2) is 20.4 Å². The minimum atomic E-state index is -0.0468. The number of hydrogen-bond donors (Lipinski definition) is 4. The Balaban J connectivity index is 2.16. The lowest BCUT2D eigenvalue weighted by atomic mass is 10.0. The van der Waals surface area contributed by atoms with Gasteiger partial charge in [0.2, 0.25) is 0 Å². The van der Waals surface area contributed by atoms with E-state index >= 15 is 0 Å². The Morgan fingerprint density at radius 1 is 0.821 bits per heavy atom. The van der Waals surface area contributed by atoms with Gasteiger partial charge >= 0.3 is 0 Å². The molecule has 2 rings (SSSR count). The van der Waals surface area contributed by atoms with E-state index in [1.807, 2.05) is 6.92 Å². The summed E-state index contributed by atoms with van der Waals surface area (Å²) in [6, 6.07) is 7.47. The van der Waals surface area contributed by atoms with Gasteiger partial charge in [-0.05, 0) is 56.5 Å². The van der Waals surface area contributed by atoms with E-state index in [2.05, 4.69) is 26.0 Å². The van der Waals surface area contributed by atoms with E-state index in [1.54, 1.807) is 30.4 Å². The lowest BCUT2D eigenvalue weighted by molar-refractivity contribution is 0.440. The third kappa shape index (κ3) is 5.95. The fourth-order valence-electron chi connectivity index (χ4n) is 2.76. The van der Waals surface area contributed by atoms with Gasteiger partial charge in [-0.1, -0.05) is 42.4 Å². The average Bonchev–Trinajstić information content (AvgIpc) is 2.63. The molecule has 0 unspecified atom stereocenters. The first-order chi connectivity index (χ1) is 13.3. The summed E-state index contributed by atoms with van der Waals surface area (Å²) in [5.74, 6) is -0.00212. The normalized spacial score (nSPS) is 12.7. The Morgan fingerprint density at radius 3 is 2.07 bits per heavy atom.